The molecule has 1 atom stereocenters. The van der Waals surface area contributed by atoms with E-state index in [1.165, 1.54) is 16.2 Å². The van der Waals surface area contributed by atoms with Crippen molar-refractivity contribution in [2.24, 2.45) is 0 Å². The molecule has 8 heteroatoms. The van der Waals surface area contributed by atoms with E-state index in [2.05, 4.69) is 0 Å². The van der Waals surface area contributed by atoms with E-state index in [1.807, 2.05) is 38.3 Å². The molecule has 0 radical (unpaired) electrons. The molecule has 34 heavy (non-hydrogen) atoms. The molecule has 2 heterocycles. The number of carbonyl (C=O) groups is 2. The number of ketones is 1. The largest absolute Gasteiger partial charge is 0.507 e. The van der Waals surface area contributed by atoms with Crippen LogP contribution in [0.25, 0.3) is 5.76 Å². The molecule has 0 spiro atoms. The molecule has 1 unspecified atom stereocenters. The highest BCUT2D eigenvalue weighted by atomic mass is 35.5. The van der Waals surface area contributed by atoms with Gasteiger partial charge in [-0.15, -0.1) is 11.3 Å². The van der Waals surface area contributed by atoms with Crippen LogP contribution >= 0.6 is 22.9 Å². The average Bonchev–Trinajstić information content (AvgIpc) is 3.43. The Morgan fingerprint density at radius 3 is 2.50 bits per heavy atom. The molecule has 1 N–H and O–H groups in total. The lowest BCUT2D eigenvalue weighted by atomic mass is 9.99. The van der Waals surface area contributed by atoms with Crippen LogP contribution in [0.5, 0.6) is 11.5 Å². The molecule has 0 bridgehead atoms. The molecular formula is C26H24ClNO5S. The number of thiophene rings is 1. The zero-order valence-electron chi connectivity index (χ0n) is 19.0. The second-order valence-corrected chi connectivity index (χ2v) is 9.03. The fourth-order valence-corrected chi connectivity index (χ4v) is 4.92. The fraction of sp³-hybridized carbons (Fsp3) is 0.231. The first-order chi connectivity index (χ1) is 16.4. The Labute approximate surface area is 207 Å². The summed E-state index contributed by atoms with van der Waals surface area (Å²) in [6, 6.07) is 13.0. The van der Waals surface area contributed by atoms with Crippen LogP contribution in [0.15, 0.2) is 59.5 Å². The molecule has 0 saturated carbocycles. The van der Waals surface area contributed by atoms with Gasteiger partial charge in [0.05, 0.1) is 24.4 Å². The smallest absolute Gasteiger partial charge is 0.300 e. The van der Waals surface area contributed by atoms with E-state index in [4.69, 9.17) is 21.1 Å². The van der Waals surface area contributed by atoms with Gasteiger partial charge in [0.15, 0.2) is 0 Å². The first-order valence-electron chi connectivity index (χ1n) is 10.9. The molecule has 1 amide bonds. The van der Waals surface area contributed by atoms with Crippen molar-refractivity contribution in [3.63, 3.8) is 0 Å². The Bertz CT molecular complexity index is 1270. The highest BCUT2D eigenvalue weighted by Crippen LogP contribution is 2.45. The van der Waals surface area contributed by atoms with Gasteiger partial charge in [-0.2, -0.15) is 0 Å². The van der Waals surface area contributed by atoms with Crippen LogP contribution in [0.2, 0.25) is 5.02 Å². The van der Waals surface area contributed by atoms with E-state index >= 15 is 0 Å². The lowest BCUT2D eigenvalue weighted by Gasteiger charge is -2.24. The number of hydrogen-bond acceptors (Lipinski definition) is 6. The van der Waals surface area contributed by atoms with Gasteiger partial charge < -0.3 is 14.6 Å². The Hall–Kier alpha value is -3.29. The van der Waals surface area contributed by atoms with Crippen molar-refractivity contribution >= 4 is 46.1 Å². The van der Waals surface area contributed by atoms with E-state index in [0.717, 1.165) is 10.4 Å². The summed E-state index contributed by atoms with van der Waals surface area (Å²) in [5.74, 6) is -0.871. The molecule has 0 aliphatic carbocycles. The quantitative estimate of drug-likeness (QED) is 0.241. The summed E-state index contributed by atoms with van der Waals surface area (Å²) in [6.45, 7) is 6.37. The number of benzene rings is 2. The third-order valence-corrected chi connectivity index (χ3v) is 6.84. The topological polar surface area (TPSA) is 76.1 Å². The van der Waals surface area contributed by atoms with Crippen LogP contribution in [-0.4, -0.2) is 30.0 Å². The van der Waals surface area contributed by atoms with Gasteiger partial charge in [0.25, 0.3) is 11.7 Å². The zero-order valence-corrected chi connectivity index (χ0v) is 20.6. The minimum absolute atomic E-state index is 0.00531. The molecular weight excluding hydrogens is 474 g/mol. The second kappa shape index (κ2) is 9.91. The molecule has 1 aliphatic rings. The van der Waals surface area contributed by atoms with E-state index in [0.29, 0.717) is 41.0 Å². The Kier molecular flexibility index (Phi) is 6.95. The van der Waals surface area contributed by atoms with Gasteiger partial charge in [-0.1, -0.05) is 23.7 Å². The monoisotopic (exact) mass is 497 g/mol. The number of anilines is 1. The van der Waals surface area contributed by atoms with Crippen molar-refractivity contribution in [1.82, 2.24) is 0 Å². The fourth-order valence-electron chi connectivity index (χ4n) is 3.92. The summed E-state index contributed by atoms with van der Waals surface area (Å²) >= 11 is 7.72. The van der Waals surface area contributed by atoms with E-state index in [9.17, 15) is 14.7 Å². The molecule has 4 rings (SSSR count). The first kappa shape index (κ1) is 23.9. The zero-order chi connectivity index (χ0) is 24.4. The number of carbonyl (C=O) groups excluding carboxylic acids is 2. The summed E-state index contributed by atoms with van der Waals surface area (Å²) in [5.41, 5.74) is 1.64. The van der Waals surface area contributed by atoms with Gasteiger partial charge >= 0.3 is 0 Å². The summed E-state index contributed by atoms with van der Waals surface area (Å²) in [5, 5.41) is 13.7. The number of hydrogen-bond donors (Lipinski definition) is 1. The van der Waals surface area contributed by atoms with Crippen LogP contribution in [0.1, 0.15) is 35.9 Å². The molecule has 176 valence electrons. The number of halogens is 1. The van der Waals surface area contributed by atoms with Gasteiger partial charge in [-0.05, 0) is 62.0 Å². The highest BCUT2D eigenvalue weighted by Gasteiger charge is 2.47. The number of rotatable bonds is 7. The highest BCUT2D eigenvalue weighted by molar-refractivity contribution is 7.10. The maximum Gasteiger partial charge on any atom is 0.300 e. The number of aliphatic hydroxyl groups is 1. The molecule has 1 fully saturated rings. The Morgan fingerprint density at radius 1 is 1.09 bits per heavy atom. The van der Waals surface area contributed by atoms with Crippen molar-refractivity contribution < 1.29 is 24.2 Å². The Balaban J connectivity index is 1.91. The lowest BCUT2D eigenvalue weighted by Crippen LogP contribution is -2.29. The molecule has 6 nitrogen and oxygen atoms in total. The summed E-state index contributed by atoms with van der Waals surface area (Å²) in [6.07, 6.45) is 0. The van der Waals surface area contributed by atoms with Crippen LogP contribution < -0.4 is 14.4 Å². The van der Waals surface area contributed by atoms with Crippen molar-refractivity contribution in [2.45, 2.75) is 26.8 Å². The van der Waals surface area contributed by atoms with Gasteiger partial charge in [0.2, 0.25) is 0 Å². The number of ether oxygens (including phenoxy) is 2. The summed E-state index contributed by atoms with van der Waals surface area (Å²) < 4.78 is 11.3. The van der Waals surface area contributed by atoms with Gasteiger partial charge in [-0.25, -0.2) is 0 Å². The summed E-state index contributed by atoms with van der Waals surface area (Å²) in [4.78, 5) is 28.7. The van der Waals surface area contributed by atoms with Crippen molar-refractivity contribution in [3.05, 3.63) is 80.5 Å². The predicted molar refractivity (Wildman–Crippen MR) is 134 cm³/mol. The molecule has 1 aliphatic heterocycles. The third-order valence-electron chi connectivity index (χ3n) is 5.51. The van der Waals surface area contributed by atoms with Crippen LogP contribution in [0.4, 0.5) is 5.69 Å². The van der Waals surface area contributed by atoms with Crippen molar-refractivity contribution in [3.8, 4) is 11.5 Å². The lowest BCUT2D eigenvalue weighted by molar-refractivity contribution is -0.132. The Morgan fingerprint density at radius 2 is 1.85 bits per heavy atom. The SMILES string of the molecule is CCOc1ccc(/C(O)=C2/C(=O)C(=O)N(c3ccc(C)c(Cl)c3)C2c2cccs2)c(OCC)c1. The number of amides is 1. The van der Waals surface area contributed by atoms with Crippen LogP contribution in [-0.2, 0) is 9.59 Å². The number of aliphatic hydroxyl groups excluding tert-OH is 1. The van der Waals surface area contributed by atoms with Crippen LogP contribution in [0.3, 0.4) is 0 Å². The normalized spacial score (nSPS) is 17.3. The van der Waals surface area contributed by atoms with Crippen molar-refractivity contribution in [2.75, 3.05) is 18.1 Å². The van der Waals surface area contributed by atoms with Crippen LogP contribution in [0, 0.1) is 6.92 Å². The third kappa shape index (κ3) is 4.29. The number of Topliss-reactive ketones (excluding diaryl/α,β-unsaturated/α-hetero) is 1. The minimum Gasteiger partial charge on any atom is -0.507 e. The van der Waals surface area contributed by atoms with Gasteiger partial charge in [0, 0.05) is 21.7 Å². The minimum atomic E-state index is -0.806. The first-order valence-corrected chi connectivity index (χ1v) is 12.1. The summed E-state index contributed by atoms with van der Waals surface area (Å²) in [7, 11) is 0. The van der Waals surface area contributed by atoms with E-state index in [1.54, 1.807) is 36.4 Å². The molecule has 1 saturated heterocycles. The molecule has 1 aromatic heterocycles. The number of aryl methyl sites for hydroxylation is 1. The average molecular weight is 498 g/mol. The second-order valence-electron chi connectivity index (χ2n) is 7.64. The maximum absolute atomic E-state index is 13.3. The van der Waals surface area contributed by atoms with E-state index in [-0.39, 0.29) is 11.3 Å². The molecule has 3 aromatic rings. The van der Waals surface area contributed by atoms with Gasteiger partial charge in [-0.3, -0.25) is 14.5 Å². The predicted octanol–water partition coefficient (Wildman–Crippen LogP) is 6.13. The van der Waals surface area contributed by atoms with E-state index < -0.39 is 17.7 Å². The molecule has 2 aromatic carbocycles. The number of nitrogens with zero attached hydrogens (tertiary/aromatic N) is 1. The standard InChI is InChI=1S/C26H24ClNO5S/c1-4-32-17-10-11-18(20(14-17)33-5-2)24(29)22-23(21-7-6-12-34-21)28(26(31)25(22)30)16-9-8-15(3)19(27)13-16/h6-14,23,29H,4-5H2,1-3H3/b24-22-. The van der Waals surface area contributed by atoms with Gasteiger partial charge in [0.1, 0.15) is 23.3 Å². The maximum atomic E-state index is 13.3. The van der Waals surface area contributed by atoms with Crippen molar-refractivity contribution in [1.29, 1.82) is 0 Å².